The van der Waals surface area contributed by atoms with Gasteiger partial charge in [0.2, 0.25) is 0 Å². The average molecular weight is 442 g/mol. The van der Waals surface area contributed by atoms with Gasteiger partial charge in [0.15, 0.2) is 11.6 Å². The van der Waals surface area contributed by atoms with Crippen LogP contribution in [0.15, 0.2) is 65.7 Å². The summed E-state index contributed by atoms with van der Waals surface area (Å²) in [4.78, 5) is 41.3. The highest BCUT2D eigenvalue weighted by Crippen LogP contribution is 2.40. The predicted octanol–water partition coefficient (Wildman–Crippen LogP) is 4.71. The van der Waals surface area contributed by atoms with E-state index in [2.05, 4.69) is 9.97 Å². The number of carbonyl (C=O) groups excluding carboxylic acids is 2. The van der Waals surface area contributed by atoms with E-state index in [1.165, 1.54) is 24.5 Å². The van der Waals surface area contributed by atoms with Crippen molar-refractivity contribution in [1.29, 1.82) is 0 Å². The van der Waals surface area contributed by atoms with Gasteiger partial charge < -0.3 is 4.98 Å². The van der Waals surface area contributed by atoms with Gasteiger partial charge in [-0.2, -0.15) is 13.2 Å². The largest absolute Gasteiger partial charge is 0.416 e. The van der Waals surface area contributed by atoms with Crippen LogP contribution in [0, 0.1) is 12.8 Å². The third kappa shape index (κ3) is 4.85. The number of alkyl halides is 3. The van der Waals surface area contributed by atoms with Crippen LogP contribution in [0.25, 0.3) is 0 Å². The number of ketones is 2. The van der Waals surface area contributed by atoms with Crippen molar-refractivity contribution in [1.82, 2.24) is 9.97 Å². The first kappa shape index (κ1) is 23.1. The Kier molecular flexibility index (Phi) is 6.72. The van der Waals surface area contributed by atoms with E-state index in [0.29, 0.717) is 17.5 Å². The number of hydrogen-bond acceptors (Lipinski definition) is 4. The number of halogens is 3. The monoisotopic (exact) mass is 442 g/mol. The highest BCUT2D eigenvalue weighted by Gasteiger charge is 2.41. The van der Waals surface area contributed by atoms with Crippen LogP contribution in [0.3, 0.4) is 0 Å². The van der Waals surface area contributed by atoms with Crippen molar-refractivity contribution in [3.8, 4) is 0 Å². The first-order chi connectivity index (χ1) is 15.1. The summed E-state index contributed by atoms with van der Waals surface area (Å²) in [6.07, 6.45) is -1.17. The molecule has 32 heavy (non-hydrogen) atoms. The van der Waals surface area contributed by atoms with Crippen LogP contribution in [0.2, 0.25) is 0 Å². The Bertz CT molecular complexity index is 1180. The number of aromatic nitrogens is 2. The van der Waals surface area contributed by atoms with E-state index in [-0.39, 0.29) is 22.8 Å². The molecule has 1 N–H and O–H groups in total. The molecule has 0 fully saturated rings. The Morgan fingerprint density at radius 3 is 2.34 bits per heavy atom. The van der Waals surface area contributed by atoms with Crippen molar-refractivity contribution in [3.63, 3.8) is 0 Å². The molecule has 4 rings (SSSR count). The van der Waals surface area contributed by atoms with E-state index in [4.69, 9.17) is 0 Å². The van der Waals surface area contributed by atoms with Crippen molar-refractivity contribution in [2.75, 3.05) is 0 Å². The molecule has 5 nitrogen and oxygen atoms in total. The molecule has 0 saturated heterocycles. The number of carbonyl (C=O) groups is 2. The number of aryl methyl sites for hydroxylation is 1. The Morgan fingerprint density at radius 2 is 1.78 bits per heavy atom. The molecule has 0 aliphatic heterocycles. The average Bonchev–Trinajstić information content (AvgIpc) is 2.75. The van der Waals surface area contributed by atoms with Crippen LogP contribution in [-0.4, -0.2) is 21.5 Å². The molecular formula is C24H21F3N2O3. The molecule has 166 valence electrons. The third-order valence-corrected chi connectivity index (χ3v) is 5.27. The lowest BCUT2D eigenvalue weighted by atomic mass is 9.71. The quantitative estimate of drug-likeness (QED) is 0.583. The molecule has 1 aliphatic rings. The second-order valence-corrected chi connectivity index (χ2v) is 7.46. The SMILES string of the molecule is CCC1C(=O)c2cc(C)ccc2C(c2cccc(C(F)(F)F)c2)C1=O.O=c1nccc[nH]1. The van der Waals surface area contributed by atoms with Crippen LogP contribution < -0.4 is 5.69 Å². The van der Waals surface area contributed by atoms with Crippen LogP contribution in [0.4, 0.5) is 13.2 Å². The molecule has 1 heterocycles. The molecule has 0 amide bonds. The van der Waals surface area contributed by atoms with E-state index < -0.39 is 23.6 Å². The molecule has 8 heteroatoms. The fourth-order valence-corrected chi connectivity index (χ4v) is 3.74. The minimum Gasteiger partial charge on any atom is -0.313 e. The second kappa shape index (κ2) is 9.30. The highest BCUT2D eigenvalue weighted by molar-refractivity contribution is 6.17. The Labute approximate surface area is 182 Å². The maximum Gasteiger partial charge on any atom is 0.416 e. The summed E-state index contributed by atoms with van der Waals surface area (Å²) >= 11 is 0. The topological polar surface area (TPSA) is 79.9 Å². The summed E-state index contributed by atoms with van der Waals surface area (Å²) in [5.41, 5.74) is 0.979. The molecule has 0 saturated carbocycles. The maximum absolute atomic E-state index is 13.0. The molecule has 2 atom stereocenters. The lowest BCUT2D eigenvalue weighted by Gasteiger charge is -2.29. The number of nitrogens with zero attached hydrogens (tertiary/aromatic N) is 1. The minimum atomic E-state index is -4.48. The highest BCUT2D eigenvalue weighted by atomic mass is 19.4. The summed E-state index contributed by atoms with van der Waals surface area (Å²) in [6.45, 7) is 3.58. The van der Waals surface area contributed by atoms with Gasteiger partial charge in [-0.05, 0) is 42.7 Å². The molecule has 0 radical (unpaired) electrons. The van der Waals surface area contributed by atoms with Crippen LogP contribution >= 0.6 is 0 Å². The van der Waals surface area contributed by atoms with E-state index in [1.54, 1.807) is 31.2 Å². The fraction of sp³-hybridized carbons (Fsp3) is 0.250. The molecule has 2 aromatic carbocycles. The van der Waals surface area contributed by atoms with Crippen molar-refractivity contribution in [2.24, 2.45) is 5.92 Å². The summed E-state index contributed by atoms with van der Waals surface area (Å²) in [7, 11) is 0. The number of aromatic amines is 1. The van der Waals surface area contributed by atoms with E-state index in [0.717, 1.165) is 17.7 Å². The van der Waals surface area contributed by atoms with Crippen LogP contribution in [-0.2, 0) is 11.0 Å². The molecule has 2 unspecified atom stereocenters. The van der Waals surface area contributed by atoms with Crippen LogP contribution in [0.1, 0.15) is 51.9 Å². The normalized spacial score (nSPS) is 17.9. The van der Waals surface area contributed by atoms with Gasteiger partial charge in [-0.15, -0.1) is 0 Å². The zero-order valence-electron chi connectivity index (χ0n) is 17.4. The number of fused-ring (bicyclic) bond motifs is 1. The Hall–Kier alpha value is -3.55. The number of nitrogens with one attached hydrogen (secondary N) is 1. The van der Waals surface area contributed by atoms with E-state index in [1.807, 2.05) is 6.92 Å². The summed E-state index contributed by atoms with van der Waals surface area (Å²) < 4.78 is 39.1. The number of rotatable bonds is 2. The predicted molar refractivity (Wildman–Crippen MR) is 112 cm³/mol. The first-order valence-electron chi connectivity index (χ1n) is 9.98. The zero-order valence-corrected chi connectivity index (χ0v) is 17.4. The number of hydrogen-bond donors (Lipinski definition) is 1. The maximum atomic E-state index is 13.0. The number of Topliss-reactive ketones (excluding diaryl/α,β-unsaturated/α-hetero) is 2. The molecular weight excluding hydrogens is 421 g/mol. The molecule has 0 spiro atoms. The summed E-state index contributed by atoms with van der Waals surface area (Å²) in [6, 6.07) is 11.6. The molecule has 3 aromatic rings. The van der Waals surface area contributed by atoms with Gasteiger partial charge in [0.25, 0.3) is 0 Å². The Morgan fingerprint density at radius 1 is 1.03 bits per heavy atom. The summed E-state index contributed by atoms with van der Waals surface area (Å²) in [5.74, 6) is -2.23. The lowest BCUT2D eigenvalue weighted by molar-refractivity contribution is -0.137. The van der Waals surface area contributed by atoms with Crippen molar-refractivity contribution in [2.45, 2.75) is 32.4 Å². The van der Waals surface area contributed by atoms with E-state index in [9.17, 15) is 27.6 Å². The van der Waals surface area contributed by atoms with E-state index >= 15 is 0 Å². The van der Waals surface area contributed by atoms with Gasteiger partial charge in [0.1, 0.15) is 0 Å². The van der Waals surface area contributed by atoms with Crippen molar-refractivity contribution in [3.05, 3.63) is 99.2 Å². The third-order valence-electron chi connectivity index (χ3n) is 5.27. The van der Waals surface area contributed by atoms with Crippen molar-refractivity contribution >= 4 is 11.6 Å². The molecule has 1 aromatic heterocycles. The van der Waals surface area contributed by atoms with Crippen LogP contribution in [0.5, 0.6) is 0 Å². The van der Waals surface area contributed by atoms with Gasteiger partial charge in [-0.1, -0.05) is 42.8 Å². The van der Waals surface area contributed by atoms with Gasteiger partial charge >= 0.3 is 11.9 Å². The standard InChI is InChI=1S/C20H17F3O2.C4H4N2O/c1-3-14-18(24)16-9-11(2)7-8-15(16)17(19(14)25)12-5-4-6-13(10-12)20(21,22)23;7-4-5-2-1-3-6-4/h4-10,14,17H,3H2,1-2H3;1-3H,(H,5,6,7). The second-order valence-electron chi connectivity index (χ2n) is 7.46. The van der Waals surface area contributed by atoms with Gasteiger partial charge in [-0.3, -0.25) is 9.59 Å². The van der Waals surface area contributed by atoms with Crippen molar-refractivity contribution < 1.29 is 22.8 Å². The Balaban J connectivity index is 0.000000352. The van der Waals surface area contributed by atoms with Gasteiger partial charge in [-0.25, -0.2) is 9.78 Å². The fourth-order valence-electron chi connectivity index (χ4n) is 3.74. The number of H-pyrrole nitrogens is 1. The molecule has 0 bridgehead atoms. The minimum absolute atomic E-state index is 0.241. The zero-order chi connectivity index (χ0) is 23.5. The first-order valence-corrected chi connectivity index (χ1v) is 9.98. The summed E-state index contributed by atoms with van der Waals surface area (Å²) in [5, 5.41) is 0. The smallest absolute Gasteiger partial charge is 0.313 e. The lowest BCUT2D eigenvalue weighted by Crippen LogP contribution is -2.35. The molecule has 1 aliphatic carbocycles. The van der Waals surface area contributed by atoms with Gasteiger partial charge in [0.05, 0.1) is 17.4 Å². The number of benzene rings is 2. The van der Waals surface area contributed by atoms with Gasteiger partial charge in [0, 0.05) is 18.0 Å².